The Balaban J connectivity index is 2.15. The second-order valence-corrected chi connectivity index (χ2v) is 4.72. The Morgan fingerprint density at radius 1 is 1.54 bits per heavy atom. The summed E-state index contributed by atoms with van der Waals surface area (Å²) < 4.78 is 5.53. The van der Waals surface area contributed by atoms with Crippen LogP contribution in [0.1, 0.15) is 33.1 Å². The number of halogens is 1. The lowest BCUT2D eigenvalue weighted by molar-refractivity contribution is 0.103. The Morgan fingerprint density at radius 3 is 2.85 bits per heavy atom. The van der Waals surface area contributed by atoms with Crippen LogP contribution in [0.5, 0.6) is 0 Å². The van der Waals surface area contributed by atoms with E-state index in [1.165, 1.54) is 12.8 Å². The summed E-state index contributed by atoms with van der Waals surface area (Å²) in [6.45, 7) is 6.26. The molecule has 0 aromatic heterocycles. The third kappa shape index (κ3) is 4.30. The Labute approximate surface area is 86.0 Å². The molecule has 1 heterocycles. The normalized spacial score (nSPS) is 23.8. The second-order valence-electron chi connectivity index (χ2n) is 4.34. The number of alkyl halides is 1. The topological polar surface area (TPSA) is 21.3 Å². The van der Waals surface area contributed by atoms with Gasteiger partial charge in [-0.1, -0.05) is 0 Å². The minimum atomic E-state index is 0.147. The lowest BCUT2D eigenvalue weighted by atomic mass is 10.0. The molecule has 78 valence electrons. The standard InChI is InChI=1S/C10H20ClNO/c1-10(2,5-6-11)12-8-9-4-3-7-13-9/h9,12H,3-8H2,1-2H3. The van der Waals surface area contributed by atoms with Gasteiger partial charge in [-0.05, 0) is 33.1 Å². The first-order valence-electron chi connectivity index (χ1n) is 5.07. The molecular weight excluding hydrogens is 186 g/mol. The molecule has 3 heteroatoms. The highest BCUT2D eigenvalue weighted by Gasteiger charge is 2.20. The molecule has 0 amide bonds. The Morgan fingerprint density at radius 2 is 2.31 bits per heavy atom. The van der Waals surface area contributed by atoms with Gasteiger partial charge in [0.25, 0.3) is 0 Å². The minimum Gasteiger partial charge on any atom is -0.377 e. The molecule has 2 nitrogen and oxygen atoms in total. The molecule has 0 aromatic rings. The van der Waals surface area contributed by atoms with Crippen molar-refractivity contribution in [1.82, 2.24) is 5.32 Å². The van der Waals surface area contributed by atoms with Gasteiger partial charge >= 0.3 is 0 Å². The summed E-state index contributed by atoms with van der Waals surface area (Å²) in [6, 6.07) is 0. The summed E-state index contributed by atoms with van der Waals surface area (Å²) in [6.07, 6.45) is 3.84. The smallest absolute Gasteiger partial charge is 0.0700 e. The van der Waals surface area contributed by atoms with Crippen LogP contribution < -0.4 is 5.32 Å². The molecule has 1 N–H and O–H groups in total. The van der Waals surface area contributed by atoms with Crippen LogP contribution in [-0.2, 0) is 4.74 Å². The van der Waals surface area contributed by atoms with E-state index < -0.39 is 0 Å². The van der Waals surface area contributed by atoms with Crippen molar-refractivity contribution in [1.29, 1.82) is 0 Å². The van der Waals surface area contributed by atoms with E-state index in [1.807, 2.05) is 0 Å². The van der Waals surface area contributed by atoms with E-state index in [-0.39, 0.29) is 5.54 Å². The lowest BCUT2D eigenvalue weighted by Gasteiger charge is -2.27. The highest BCUT2D eigenvalue weighted by atomic mass is 35.5. The molecule has 13 heavy (non-hydrogen) atoms. The van der Waals surface area contributed by atoms with Crippen LogP contribution in [0.15, 0.2) is 0 Å². The fraction of sp³-hybridized carbons (Fsp3) is 1.00. The van der Waals surface area contributed by atoms with Gasteiger partial charge < -0.3 is 10.1 Å². The fourth-order valence-electron chi connectivity index (χ4n) is 1.52. The van der Waals surface area contributed by atoms with Gasteiger partial charge in [-0.2, -0.15) is 0 Å². The van der Waals surface area contributed by atoms with E-state index in [4.69, 9.17) is 16.3 Å². The summed E-state index contributed by atoms with van der Waals surface area (Å²) in [5.41, 5.74) is 0.147. The Hall–Kier alpha value is 0.210. The average molecular weight is 206 g/mol. The SMILES string of the molecule is CC(C)(CCCl)NCC1CCCO1. The van der Waals surface area contributed by atoms with Crippen molar-refractivity contribution in [3.8, 4) is 0 Å². The molecule has 0 radical (unpaired) electrons. The third-order valence-electron chi connectivity index (χ3n) is 2.55. The summed E-state index contributed by atoms with van der Waals surface area (Å²) >= 11 is 5.71. The molecule has 1 fully saturated rings. The van der Waals surface area contributed by atoms with Crippen LogP contribution in [0.3, 0.4) is 0 Å². The van der Waals surface area contributed by atoms with Gasteiger partial charge in [0.05, 0.1) is 6.10 Å². The molecule has 1 unspecified atom stereocenters. The molecule has 0 aromatic carbocycles. The minimum absolute atomic E-state index is 0.147. The first-order chi connectivity index (χ1) is 6.14. The van der Waals surface area contributed by atoms with Gasteiger partial charge in [-0.15, -0.1) is 11.6 Å². The van der Waals surface area contributed by atoms with Gasteiger partial charge in [0.15, 0.2) is 0 Å². The Bertz CT molecular complexity index is 144. The van der Waals surface area contributed by atoms with Crippen LogP contribution in [0.2, 0.25) is 0 Å². The van der Waals surface area contributed by atoms with Crippen LogP contribution in [0, 0.1) is 0 Å². The number of rotatable bonds is 5. The first kappa shape index (κ1) is 11.3. The van der Waals surface area contributed by atoms with Crippen molar-refractivity contribution in [3.05, 3.63) is 0 Å². The monoisotopic (exact) mass is 205 g/mol. The van der Waals surface area contributed by atoms with Gasteiger partial charge in [0.2, 0.25) is 0 Å². The summed E-state index contributed by atoms with van der Waals surface area (Å²) in [5, 5.41) is 3.49. The third-order valence-corrected chi connectivity index (χ3v) is 2.74. The average Bonchev–Trinajstić information content (AvgIpc) is 2.52. The van der Waals surface area contributed by atoms with Crippen LogP contribution in [-0.4, -0.2) is 30.7 Å². The van der Waals surface area contributed by atoms with Crippen molar-refractivity contribution in [2.75, 3.05) is 19.0 Å². The highest BCUT2D eigenvalue weighted by Crippen LogP contribution is 2.14. The van der Waals surface area contributed by atoms with E-state index in [2.05, 4.69) is 19.2 Å². The fourth-order valence-corrected chi connectivity index (χ4v) is 1.99. The van der Waals surface area contributed by atoms with Crippen molar-refractivity contribution in [2.24, 2.45) is 0 Å². The predicted molar refractivity (Wildman–Crippen MR) is 56.4 cm³/mol. The van der Waals surface area contributed by atoms with E-state index in [0.29, 0.717) is 12.0 Å². The van der Waals surface area contributed by atoms with Gasteiger partial charge in [-0.25, -0.2) is 0 Å². The lowest BCUT2D eigenvalue weighted by Crippen LogP contribution is -2.43. The zero-order valence-corrected chi connectivity index (χ0v) is 9.36. The van der Waals surface area contributed by atoms with Crippen molar-refractivity contribution < 1.29 is 4.74 Å². The Kier molecular flexibility index (Phi) is 4.50. The van der Waals surface area contributed by atoms with Crippen molar-refractivity contribution >= 4 is 11.6 Å². The van der Waals surface area contributed by atoms with Gasteiger partial charge in [0, 0.05) is 24.6 Å². The number of ether oxygens (including phenoxy) is 1. The summed E-state index contributed by atoms with van der Waals surface area (Å²) in [7, 11) is 0. The number of nitrogens with one attached hydrogen (secondary N) is 1. The largest absolute Gasteiger partial charge is 0.377 e. The summed E-state index contributed by atoms with van der Waals surface area (Å²) in [5.74, 6) is 0.714. The number of hydrogen-bond acceptors (Lipinski definition) is 2. The predicted octanol–water partition coefficient (Wildman–Crippen LogP) is 2.16. The molecule has 0 bridgehead atoms. The molecular formula is C10H20ClNO. The second kappa shape index (κ2) is 5.18. The maximum absolute atomic E-state index is 5.71. The zero-order valence-electron chi connectivity index (χ0n) is 8.61. The molecule has 1 saturated heterocycles. The van der Waals surface area contributed by atoms with E-state index in [1.54, 1.807) is 0 Å². The zero-order chi connectivity index (χ0) is 9.73. The molecule has 1 atom stereocenters. The maximum atomic E-state index is 5.71. The van der Waals surface area contributed by atoms with E-state index in [9.17, 15) is 0 Å². The van der Waals surface area contributed by atoms with E-state index >= 15 is 0 Å². The van der Waals surface area contributed by atoms with Crippen molar-refractivity contribution in [3.63, 3.8) is 0 Å². The molecule has 0 aliphatic carbocycles. The number of hydrogen-bond donors (Lipinski definition) is 1. The summed E-state index contributed by atoms with van der Waals surface area (Å²) in [4.78, 5) is 0. The van der Waals surface area contributed by atoms with Crippen molar-refractivity contribution in [2.45, 2.75) is 44.8 Å². The molecule has 1 rings (SSSR count). The molecule has 0 spiro atoms. The highest BCUT2D eigenvalue weighted by molar-refractivity contribution is 6.17. The van der Waals surface area contributed by atoms with E-state index in [0.717, 1.165) is 19.6 Å². The van der Waals surface area contributed by atoms with Crippen LogP contribution in [0.25, 0.3) is 0 Å². The van der Waals surface area contributed by atoms with Crippen LogP contribution in [0.4, 0.5) is 0 Å². The first-order valence-corrected chi connectivity index (χ1v) is 5.60. The maximum Gasteiger partial charge on any atom is 0.0700 e. The quantitative estimate of drug-likeness (QED) is 0.695. The molecule has 0 saturated carbocycles. The van der Waals surface area contributed by atoms with Crippen LogP contribution >= 0.6 is 11.6 Å². The van der Waals surface area contributed by atoms with Gasteiger partial charge in [-0.3, -0.25) is 0 Å². The van der Waals surface area contributed by atoms with Gasteiger partial charge in [0.1, 0.15) is 0 Å². The molecule has 1 aliphatic rings. The molecule has 1 aliphatic heterocycles.